The van der Waals surface area contributed by atoms with E-state index in [1.165, 1.54) is 32.9 Å². The summed E-state index contributed by atoms with van der Waals surface area (Å²) in [6, 6.07) is 8.66. The molecule has 0 aliphatic heterocycles. The van der Waals surface area contributed by atoms with Crippen LogP contribution in [-0.4, -0.2) is 52.6 Å². The summed E-state index contributed by atoms with van der Waals surface area (Å²) in [6.45, 7) is 1.60. The lowest BCUT2D eigenvalue weighted by molar-refractivity contribution is 0.390. The number of para-hydroxylation sites is 1. The van der Waals surface area contributed by atoms with Gasteiger partial charge in [0.25, 0.3) is 0 Å². The number of benzene rings is 1. The Labute approximate surface area is 201 Å². The van der Waals surface area contributed by atoms with Gasteiger partial charge in [0.2, 0.25) is 5.82 Å². The van der Waals surface area contributed by atoms with E-state index in [-0.39, 0.29) is 12.2 Å². The third kappa shape index (κ3) is 4.75. The summed E-state index contributed by atoms with van der Waals surface area (Å²) >= 11 is 5.83. The van der Waals surface area contributed by atoms with Crippen molar-refractivity contribution < 1.29 is 22.3 Å². The first kappa shape index (κ1) is 23.7. The van der Waals surface area contributed by atoms with E-state index in [1.54, 1.807) is 41.8 Å². The monoisotopic (exact) mass is 503 g/mol. The number of methoxy groups -OCH3 is 2. The molecule has 0 N–H and O–H groups in total. The molecule has 178 valence electrons. The number of aromatic nitrogens is 5. The molecule has 0 spiro atoms. The SMILES string of the molecule is COc1cccc(OC)c1-n1c(CS(=O)(=O)[C@@H](C)Cc2ncc(Cl)cn2)nnc1-c1ccco1. The number of ether oxygens (including phenoxy) is 2. The molecular weight excluding hydrogens is 482 g/mol. The van der Waals surface area contributed by atoms with Crippen LogP contribution in [0.5, 0.6) is 11.5 Å². The topological polar surface area (TPSA) is 122 Å². The van der Waals surface area contributed by atoms with Gasteiger partial charge in [-0.3, -0.25) is 4.57 Å². The van der Waals surface area contributed by atoms with E-state index in [0.29, 0.717) is 39.6 Å². The zero-order valence-electron chi connectivity index (χ0n) is 18.7. The Morgan fingerprint density at radius 2 is 1.74 bits per heavy atom. The van der Waals surface area contributed by atoms with E-state index in [2.05, 4.69) is 20.2 Å². The van der Waals surface area contributed by atoms with Crippen molar-refractivity contribution in [1.82, 2.24) is 24.7 Å². The molecule has 0 saturated carbocycles. The summed E-state index contributed by atoms with van der Waals surface area (Å²) < 4.78 is 44.8. The third-order valence-electron chi connectivity index (χ3n) is 5.18. The van der Waals surface area contributed by atoms with Gasteiger partial charge in [0.1, 0.15) is 28.8 Å². The molecule has 0 saturated heterocycles. The Hall–Kier alpha value is -3.44. The normalized spacial score (nSPS) is 12.5. The molecule has 4 aromatic rings. The van der Waals surface area contributed by atoms with E-state index in [1.807, 2.05) is 0 Å². The van der Waals surface area contributed by atoms with Crippen LogP contribution in [0.2, 0.25) is 5.02 Å². The predicted octanol–water partition coefficient (Wildman–Crippen LogP) is 3.53. The highest BCUT2D eigenvalue weighted by Crippen LogP contribution is 2.36. The number of hydrogen-bond acceptors (Lipinski definition) is 9. The Bertz CT molecular complexity index is 1350. The highest BCUT2D eigenvalue weighted by molar-refractivity contribution is 7.91. The second-order valence-corrected chi connectivity index (χ2v) is 10.3. The van der Waals surface area contributed by atoms with Crippen molar-refractivity contribution in [2.24, 2.45) is 0 Å². The van der Waals surface area contributed by atoms with Crippen LogP contribution in [0.15, 0.2) is 53.4 Å². The molecular formula is C22H22ClN5O5S. The average Bonchev–Trinajstić information content (AvgIpc) is 3.49. The maximum atomic E-state index is 13.3. The second-order valence-electron chi connectivity index (χ2n) is 7.40. The molecule has 0 aliphatic rings. The van der Waals surface area contributed by atoms with Gasteiger partial charge in [0.05, 0.1) is 30.8 Å². The quantitative estimate of drug-likeness (QED) is 0.337. The van der Waals surface area contributed by atoms with E-state index in [9.17, 15) is 8.42 Å². The second kappa shape index (κ2) is 9.82. The molecule has 34 heavy (non-hydrogen) atoms. The smallest absolute Gasteiger partial charge is 0.204 e. The van der Waals surface area contributed by atoms with E-state index >= 15 is 0 Å². The minimum absolute atomic E-state index is 0.122. The third-order valence-corrected chi connectivity index (χ3v) is 7.43. The lowest BCUT2D eigenvalue weighted by atomic mass is 10.2. The van der Waals surface area contributed by atoms with Crippen molar-refractivity contribution in [2.45, 2.75) is 24.3 Å². The molecule has 1 aromatic carbocycles. The van der Waals surface area contributed by atoms with Crippen molar-refractivity contribution in [3.8, 4) is 28.8 Å². The highest BCUT2D eigenvalue weighted by atomic mass is 35.5. The number of halogens is 1. The van der Waals surface area contributed by atoms with Crippen LogP contribution in [0.25, 0.3) is 17.3 Å². The molecule has 0 aliphatic carbocycles. The minimum atomic E-state index is -3.70. The number of sulfone groups is 1. The van der Waals surface area contributed by atoms with Gasteiger partial charge in [-0.05, 0) is 31.2 Å². The molecule has 0 fully saturated rings. The van der Waals surface area contributed by atoms with Crippen molar-refractivity contribution in [1.29, 1.82) is 0 Å². The van der Waals surface area contributed by atoms with Crippen LogP contribution in [0.3, 0.4) is 0 Å². The summed E-state index contributed by atoms with van der Waals surface area (Å²) in [5.74, 6) is 1.79. The molecule has 1 atom stereocenters. The number of furan rings is 1. The fourth-order valence-electron chi connectivity index (χ4n) is 3.41. The Morgan fingerprint density at radius 3 is 2.32 bits per heavy atom. The van der Waals surface area contributed by atoms with Crippen LogP contribution in [-0.2, 0) is 22.0 Å². The molecule has 0 radical (unpaired) electrons. The van der Waals surface area contributed by atoms with E-state index in [0.717, 1.165) is 0 Å². The van der Waals surface area contributed by atoms with Crippen LogP contribution >= 0.6 is 11.6 Å². The summed E-state index contributed by atoms with van der Waals surface area (Å²) in [6.07, 6.45) is 4.49. The fraction of sp³-hybridized carbons (Fsp3) is 0.273. The van der Waals surface area contributed by atoms with Crippen LogP contribution < -0.4 is 9.47 Å². The van der Waals surface area contributed by atoms with Gasteiger partial charge in [0, 0.05) is 18.8 Å². The van der Waals surface area contributed by atoms with Gasteiger partial charge in [-0.2, -0.15) is 0 Å². The summed E-state index contributed by atoms with van der Waals surface area (Å²) in [4.78, 5) is 8.20. The average molecular weight is 504 g/mol. The van der Waals surface area contributed by atoms with Crippen LogP contribution in [0.4, 0.5) is 0 Å². The standard InChI is InChI=1S/C22H22ClN5O5S/c1-14(10-19-24-11-15(23)12-25-19)34(29,30)13-20-26-27-22(18-8-5-9-33-18)28(20)21-16(31-2)6-4-7-17(21)32-3/h4-9,11-12,14H,10,13H2,1-3H3/t14-/m0/s1. The molecule has 12 heteroatoms. The zero-order chi connectivity index (χ0) is 24.3. The highest BCUT2D eigenvalue weighted by Gasteiger charge is 2.29. The Kier molecular flexibility index (Phi) is 6.85. The van der Waals surface area contributed by atoms with E-state index < -0.39 is 20.8 Å². The first-order chi connectivity index (χ1) is 16.3. The molecule has 10 nitrogen and oxygen atoms in total. The minimum Gasteiger partial charge on any atom is -0.494 e. The first-order valence-corrected chi connectivity index (χ1v) is 12.3. The lowest BCUT2D eigenvalue weighted by Crippen LogP contribution is -2.24. The number of hydrogen-bond donors (Lipinski definition) is 0. The Balaban J connectivity index is 1.77. The maximum Gasteiger partial charge on any atom is 0.204 e. The summed E-state index contributed by atoms with van der Waals surface area (Å²) in [5, 5.41) is 8.02. The molecule has 3 heterocycles. The molecule has 0 unspecified atom stereocenters. The van der Waals surface area contributed by atoms with Crippen molar-refractivity contribution >= 4 is 21.4 Å². The molecule has 3 aromatic heterocycles. The number of nitrogens with zero attached hydrogens (tertiary/aromatic N) is 5. The van der Waals surface area contributed by atoms with Crippen LogP contribution in [0.1, 0.15) is 18.6 Å². The van der Waals surface area contributed by atoms with Gasteiger partial charge in [-0.25, -0.2) is 18.4 Å². The van der Waals surface area contributed by atoms with Gasteiger partial charge in [0.15, 0.2) is 21.4 Å². The summed E-state index contributed by atoms with van der Waals surface area (Å²) in [7, 11) is -0.668. The largest absolute Gasteiger partial charge is 0.494 e. The lowest BCUT2D eigenvalue weighted by Gasteiger charge is -2.17. The Morgan fingerprint density at radius 1 is 1.06 bits per heavy atom. The van der Waals surface area contributed by atoms with Crippen molar-refractivity contribution in [3.63, 3.8) is 0 Å². The number of rotatable bonds is 9. The molecule has 0 bridgehead atoms. The van der Waals surface area contributed by atoms with Crippen molar-refractivity contribution in [2.75, 3.05) is 14.2 Å². The summed E-state index contributed by atoms with van der Waals surface area (Å²) in [5.41, 5.74) is 0.461. The maximum absolute atomic E-state index is 13.3. The first-order valence-electron chi connectivity index (χ1n) is 10.2. The van der Waals surface area contributed by atoms with Gasteiger partial charge in [-0.15, -0.1) is 10.2 Å². The van der Waals surface area contributed by atoms with Gasteiger partial charge >= 0.3 is 0 Å². The zero-order valence-corrected chi connectivity index (χ0v) is 20.2. The van der Waals surface area contributed by atoms with Gasteiger partial charge in [-0.1, -0.05) is 17.7 Å². The predicted molar refractivity (Wildman–Crippen MR) is 125 cm³/mol. The van der Waals surface area contributed by atoms with Gasteiger partial charge < -0.3 is 13.9 Å². The van der Waals surface area contributed by atoms with Crippen molar-refractivity contribution in [3.05, 3.63) is 65.7 Å². The van der Waals surface area contributed by atoms with E-state index in [4.69, 9.17) is 25.5 Å². The van der Waals surface area contributed by atoms with Crippen LogP contribution in [0, 0.1) is 0 Å². The fourth-order valence-corrected chi connectivity index (χ4v) is 4.74. The molecule has 0 amide bonds. The molecule has 4 rings (SSSR count).